The summed E-state index contributed by atoms with van der Waals surface area (Å²) in [5.74, 6) is -0.607. The van der Waals surface area contributed by atoms with Gasteiger partial charge in [-0.2, -0.15) is 0 Å². The molecule has 0 bridgehead atoms. The van der Waals surface area contributed by atoms with E-state index < -0.39 is 6.10 Å². The lowest BCUT2D eigenvalue weighted by atomic mass is 10.0. The van der Waals surface area contributed by atoms with Gasteiger partial charge in [-0.15, -0.1) is 0 Å². The number of aliphatic hydroxyl groups excluding tert-OH is 1. The number of hydrogen-bond acceptors (Lipinski definition) is 5. The minimum absolute atomic E-state index is 0.0784. The van der Waals surface area contributed by atoms with E-state index in [0.29, 0.717) is 12.8 Å². The third-order valence-electron chi connectivity index (χ3n) is 12.1. The smallest absolute Gasteiger partial charge is 0.306 e. The van der Waals surface area contributed by atoms with E-state index in [4.69, 9.17) is 9.47 Å². The standard InChI is InChI=1S/C67H108O5/c1-3-5-7-9-11-13-15-17-19-21-23-25-27-29-30-31-32-33-34-35-36-38-40-42-44-46-48-50-52-54-56-58-60-62-67(70)72-65(63-68)64-71-66(69)61-59-57-55-53-51-49-47-45-43-41-39-37-28-26-24-22-20-18-16-14-12-10-8-6-4-2/h5-8,11-14,17-20,23-26,29-30,32-33,35-37,39,65,68H,3-4,9-10,15-16,21-22,27-28,31,34,38,40-64H2,1-2H3/b7-5-,8-6-,13-11-,14-12-,19-17-,20-18-,25-23-,26-24-,30-29-,33-32-,36-35-,39-37-. The first kappa shape index (κ1) is 67.8. The lowest BCUT2D eigenvalue weighted by Gasteiger charge is -2.15. The van der Waals surface area contributed by atoms with Gasteiger partial charge in [-0.3, -0.25) is 9.59 Å². The molecule has 0 heterocycles. The van der Waals surface area contributed by atoms with E-state index in [0.717, 1.165) is 116 Å². The van der Waals surface area contributed by atoms with Gasteiger partial charge in [0.1, 0.15) is 6.61 Å². The minimum atomic E-state index is -0.788. The van der Waals surface area contributed by atoms with E-state index in [2.05, 4.69) is 160 Å². The van der Waals surface area contributed by atoms with Gasteiger partial charge in [0.05, 0.1) is 6.61 Å². The van der Waals surface area contributed by atoms with E-state index in [1.165, 1.54) is 103 Å². The Labute approximate surface area is 444 Å². The minimum Gasteiger partial charge on any atom is -0.462 e. The Morgan fingerprint density at radius 2 is 0.556 bits per heavy atom. The Bertz CT molecular complexity index is 1540. The van der Waals surface area contributed by atoms with E-state index >= 15 is 0 Å². The first-order chi connectivity index (χ1) is 35.6. The Hall–Kier alpha value is -4.22. The van der Waals surface area contributed by atoms with Crippen LogP contribution >= 0.6 is 0 Å². The van der Waals surface area contributed by atoms with Crippen LogP contribution < -0.4 is 0 Å². The number of unbranched alkanes of at least 4 members (excludes halogenated alkanes) is 20. The van der Waals surface area contributed by atoms with Gasteiger partial charge in [0.2, 0.25) is 0 Å². The van der Waals surface area contributed by atoms with Gasteiger partial charge in [-0.1, -0.05) is 262 Å². The summed E-state index contributed by atoms with van der Waals surface area (Å²) in [5.41, 5.74) is 0. The zero-order valence-corrected chi connectivity index (χ0v) is 46.4. The Kier molecular flexibility index (Phi) is 57.5. The average Bonchev–Trinajstić information content (AvgIpc) is 3.38. The zero-order chi connectivity index (χ0) is 52.0. The van der Waals surface area contributed by atoms with Crippen LogP contribution in [0.2, 0.25) is 0 Å². The second-order valence-corrected chi connectivity index (χ2v) is 19.0. The molecule has 0 aromatic rings. The number of carbonyl (C=O) groups is 2. The van der Waals surface area contributed by atoms with Gasteiger partial charge >= 0.3 is 11.9 Å². The lowest BCUT2D eigenvalue weighted by molar-refractivity contribution is -0.161. The van der Waals surface area contributed by atoms with Gasteiger partial charge in [0, 0.05) is 12.8 Å². The number of aliphatic hydroxyl groups is 1. The highest BCUT2D eigenvalue weighted by molar-refractivity contribution is 5.70. The summed E-state index contributed by atoms with van der Waals surface area (Å²) in [7, 11) is 0. The summed E-state index contributed by atoms with van der Waals surface area (Å²) in [6.07, 6.45) is 92.4. The third-order valence-corrected chi connectivity index (χ3v) is 12.1. The van der Waals surface area contributed by atoms with Crippen LogP contribution in [0.15, 0.2) is 146 Å². The zero-order valence-electron chi connectivity index (χ0n) is 46.4. The van der Waals surface area contributed by atoms with Crippen molar-refractivity contribution in [3.63, 3.8) is 0 Å². The van der Waals surface area contributed by atoms with E-state index in [-0.39, 0.29) is 25.2 Å². The Morgan fingerprint density at radius 1 is 0.319 bits per heavy atom. The second kappa shape index (κ2) is 61.1. The molecule has 0 aromatic carbocycles. The predicted octanol–water partition coefficient (Wildman–Crippen LogP) is 20.2. The maximum Gasteiger partial charge on any atom is 0.306 e. The molecular formula is C67H108O5. The Morgan fingerprint density at radius 3 is 0.833 bits per heavy atom. The Balaban J connectivity index is 3.57. The van der Waals surface area contributed by atoms with Crippen molar-refractivity contribution in [3.05, 3.63) is 146 Å². The maximum absolute atomic E-state index is 12.3. The van der Waals surface area contributed by atoms with Crippen LogP contribution in [-0.2, 0) is 19.1 Å². The molecule has 0 saturated heterocycles. The molecule has 1 unspecified atom stereocenters. The van der Waals surface area contributed by atoms with Crippen LogP contribution in [0.3, 0.4) is 0 Å². The van der Waals surface area contributed by atoms with Crippen molar-refractivity contribution in [2.75, 3.05) is 13.2 Å². The summed E-state index contributed by atoms with van der Waals surface area (Å²) in [6, 6.07) is 0. The molecule has 0 saturated carbocycles. The predicted molar refractivity (Wildman–Crippen MR) is 315 cm³/mol. The highest BCUT2D eigenvalue weighted by atomic mass is 16.6. The quantitative estimate of drug-likeness (QED) is 0.0373. The van der Waals surface area contributed by atoms with Crippen molar-refractivity contribution in [2.45, 2.75) is 251 Å². The van der Waals surface area contributed by atoms with E-state index in [9.17, 15) is 14.7 Å². The second-order valence-electron chi connectivity index (χ2n) is 19.0. The fourth-order valence-electron chi connectivity index (χ4n) is 7.80. The van der Waals surface area contributed by atoms with Gasteiger partial charge < -0.3 is 14.6 Å². The van der Waals surface area contributed by atoms with Gasteiger partial charge in [0.25, 0.3) is 0 Å². The fourth-order valence-corrected chi connectivity index (χ4v) is 7.80. The largest absolute Gasteiger partial charge is 0.462 e. The topological polar surface area (TPSA) is 72.8 Å². The molecule has 5 nitrogen and oxygen atoms in total. The molecular weight excluding hydrogens is 885 g/mol. The van der Waals surface area contributed by atoms with Crippen LogP contribution in [0.5, 0.6) is 0 Å². The summed E-state index contributed by atoms with van der Waals surface area (Å²) in [4.78, 5) is 24.6. The van der Waals surface area contributed by atoms with E-state index in [1.54, 1.807) is 0 Å². The first-order valence-corrected chi connectivity index (χ1v) is 29.4. The molecule has 0 spiro atoms. The third kappa shape index (κ3) is 58.4. The molecule has 0 aliphatic rings. The molecule has 0 aliphatic heterocycles. The van der Waals surface area contributed by atoms with Crippen LogP contribution in [0.4, 0.5) is 0 Å². The van der Waals surface area contributed by atoms with Gasteiger partial charge in [0.15, 0.2) is 6.10 Å². The van der Waals surface area contributed by atoms with Crippen molar-refractivity contribution < 1.29 is 24.2 Å². The normalized spacial score (nSPS) is 13.3. The highest BCUT2D eigenvalue weighted by Crippen LogP contribution is 2.15. The van der Waals surface area contributed by atoms with E-state index in [1.807, 2.05) is 0 Å². The SMILES string of the molecule is CC/C=C\C/C=C\C/C=C\C/C=C\C/C=C\C/C=C\C/C=C\CCCCCCCCCCCCCC(=O)OC(CO)COC(=O)CCCCCCCCCCC/C=C\C/C=C\C/C=C\C/C=C\C/C=C\CC. The van der Waals surface area contributed by atoms with Crippen LogP contribution in [-0.4, -0.2) is 36.4 Å². The van der Waals surface area contributed by atoms with Crippen molar-refractivity contribution in [3.8, 4) is 0 Å². The lowest BCUT2D eigenvalue weighted by Crippen LogP contribution is -2.28. The van der Waals surface area contributed by atoms with Crippen molar-refractivity contribution >= 4 is 11.9 Å². The average molecular weight is 994 g/mol. The number of rotatable bonds is 52. The molecule has 0 aliphatic carbocycles. The molecule has 0 rings (SSSR count). The van der Waals surface area contributed by atoms with Crippen molar-refractivity contribution in [1.82, 2.24) is 0 Å². The van der Waals surface area contributed by atoms with Crippen molar-refractivity contribution in [1.29, 1.82) is 0 Å². The monoisotopic (exact) mass is 993 g/mol. The van der Waals surface area contributed by atoms with Crippen LogP contribution in [0, 0.1) is 0 Å². The van der Waals surface area contributed by atoms with Crippen molar-refractivity contribution in [2.24, 2.45) is 0 Å². The molecule has 1 N–H and O–H groups in total. The van der Waals surface area contributed by atoms with Gasteiger partial charge in [-0.25, -0.2) is 0 Å². The number of carbonyl (C=O) groups excluding carboxylic acids is 2. The van der Waals surface area contributed by atoms with Crippen LogP contribution in [0.25, 0.3) is 0 Å². The molecule has 0 aromatic heterocycles. The van der Waals surface area contributed by atoms with Crippen LogP contribution in [0.1, 0.15) is 245 Å². The fraction of sp³-hybridized carbons (Fsp3) is 0.612. The van der Waals surface area contributed by atoms with Gasteiger partial charge in [-0.05, 0) is 116 Å². The number of esters is 2. The molecule has 5 heteroatoms. The molecule has 0 radical (unpaired) electrons. The molecule has 0 amide bonds. The first-order valence-electron chi connectivity index (χ1n) is 29.4. The summed E-state index contributed by atoms with van der Waals surface area (Å²) in [5, 5.41) is 9.67. The maximum atomic E-state index is 12.3. The summed E-state index contributed by atoms with van der Waals surface area (Å²) >= 11 is 0. The molecule has 406 valence electrons. The molecule has 1 atom stereocenters. The molecule has 0 fully saturated rings. The number of hydrogen-bond donors (Lipinski definition) is 1. The summed E-state index contributed by atoms with van der Waals surface area (Å²) in [6.45, 7) is 3.91. The number of allylic oxidation sites excluding steroid dienone is 24. The molecule has 72 heavy (non-hydrogen) atoms. The number of ether oxygens (including phenoxy) is 2. The summed E-state index contributed by atoms with van der Waals surface area (Å²) < 4.78 is 10.7. The highest BCUT2D eigenvalue weighted by Gasteiger charge is 2.16.